The molecule has 150 valence electrons. The molecule has 0 aliphatic carbocycles. The Hall–Kier alpha value is -3.64. The van der Waals surface area contributed by atoms with Gasteiger partial charge in [-0.25, -0.2) is 4.98 Å². The molecule has 0 atom stereocenters. The Morgan fingerprint density at radius 2 is 1.83 bits per heavy atom. The zero-order chi connectivity index (χ0) is 20.9. The van der Waals surface area contributed by atoms with Crippen molar-refractivity contribution in [1.82, 2.24) is 14.8 Å². The van der Waals surface area contributed by atoms with E-state index >= 15 is 0 Å². The van der Waals surface area contributed by atoms with Gasteiger partial charge < -0.3 is 10.1 Å². The second-order valence-electron chi connectivity index (χ2n) is 6.61. The Labute approximate surface area is 179 Å². The number of nitrogens with one attached hydrogen (secondary N) is 1. The van der Waals surface area contributed by atoms with Gasteiger partial charge >= 0.3 is 0 Å². The van der Waals surface area contributed by atoms with Crippen molar-refractivity contribution in [2.75, 3.05) is 12.4 Å². The molecule has 0 radical (unpaired) electrons. The number of pyridine rings is 1. The molecule has 0 bridgehead atoms. The van der Waals surface area contributed by atoms with Crippen LogP contribution in [0.1, 0.15) is 16.1 Å². The fourth-order valence-corrected chi connectivity index (χ4v) is 3.12. The number of carbonyl (C=O) groups is 1. The number of anilines is 1. The van der Waals surface area contributed by atoms with Crippen LogP contribution in [0.3, 0.4) is 0 Å². The molecular weight excluding hydrogens is 400 g/mol. The summed E-state index contributed by atoms with van der Waals surface area (Å²) in [6.45, 7) is 0.391. The first-order valence-electron chi connectivity index (χ1n) is 9.31. The lowest BCUT2D eigenvalue weighted by Crippen LogP contribution is -2.18. The molecule has 0 aliphatic heterocycles. The van der Waals surface area contributed by atoms with Gasteiger partial charge in [-0.05, 0) is 42.0 Å². The summed E-state index contributed by atoms with van der Waals surface area (Å²) in [5.41, 5.74) is 3.66. The van der Waals surface area contributed by atoms with E-state index in [2.05, 4.69) is 15.4 Å². The Kier molecular flexibility index (Phi) is 5.77. The molecule has 4 rings (SSSR count). The third-order valence-electron chi connectivity index (χ3n) is 4.55. The second kappa shape index (κ2) is 8.80. The van der Waals surface area contributed by atoms with Crippen LogP contribution in [-0.4, -0.2) is 27.8 Å². The number of carbonyl (C=O) groups excluding carboxylic acids is 1. The van der Waals surface area contributed by atoms with E-state index in [0.717, 1.165) is 22.6 Å². The number of benzene rings is 2. The van der Waals surface area contributed by atoms with Gasteiger partial charge in [-0.2, -0.15) is 5.10 Å². The minimum Gasteiger partial charge on any atom is -0.497 e. The van der Waals surface area contributed by atoms with Crippen molar-refractivity contribution in [3.63, 3.8) is 0 Å². The van der Waals surface area contributed by atoms with Crippen molar-refractivity contribution < 1.29 is 9.53 Å². The maximum absolute atomic E-state index is 13.0. The first-order valence-corrected chi connectivity index (χ1v) is 9.69. The molecule has 1 amide bonds. The zero-order valence-corrected chi connectivity index (χ0v) is 17.0. The molecule has 30 heavy (non-hydrogen) atoms. The number of nitrogens with zero attached hydrogens (tertiary/aromatic N) is 3. The molecule has 2 aromatic heterocycles. The van der Waals surface area contributed by atoms with Crippen LogP contribution in [0.25, 0.3) is 11.3 Å². The molecule has 2 heterocycles. The molecule has 6 nitrogen and oxygen atoms in total. The van der Waals surface area contributed by atoms with Crippen molar-refractivity contribution in [1.29, 1.82) is 0 Å². The van der Waals surface area contributed by atoms with Crippen molar-refractivity contribution in [2.24, 2.45) is 0 Å². The minimum absolute atomic E-state index is 0.253. The standard InChI is InChI=1S/C23H19ClN4O2/c1-30-19-10-8-18(9-11-19)26-23(29)21-13-20(17-5-3-2-4-6-17)27-28(21)15-16-7-12-22(24)25-14-16/h2-14H,15H2,1H3,(H,26,29). The predicted octanol–water partition coefficient (Wildman–Crippen LogP) is 4.91. The van der Waals surface area contributed by atoms with Crippen LogP contribution in [0, 0.1) is 0 Å². The average molecular weight is 419 g/mol. The molecule has 4 aromatic rings. The molecule has 0 spiro atoms. The summed E-state index contributed by atoms with van der Waals surface area (Å²) in [4.78, 5) is 17.1. The van der Waals surface area contributed by atoms with Crippen LogP contribution in [-0.2, 0) is 6.54 Å². The van der Waals surface area contributed by atoms with Gasteiger partial charge in [0.1, 0.15) is 16.6 Å². The van der Waals surface area contributed by atoms with Crippen LogP contribution in [0.4, 0.5) is 5.69 Å². The summed E-state index contributed by atoms with van der Waals surface area (Å²) < 4.78 is 6.84. The number of methoxy groups -OCH3 is 1. The van der Waals surface area contributed by atoms with E-state index in [1.165, 1.54) is 0 Å². The summed E-state index contributed by atoms with van der Waals surface area (Å²) in [6, 6.07) is 22.3. The molecule has 0 unspecified atom stereocenters. The van der Waals surface area contributed by atoms with E-state index in [4.69, 9.17) is 16.3 Å². The number of ether oxygens (including phenoxy) is 1. The van der Waals surface area contributed by atoms with Gasteiger partial charge in [0.2, 0.25) is 0 Å². The van der Waals surface area contributed by atoms with E-state index in [1.54, 1.807) is 54.4 Å². The Bertz CT molecular complexity index is 1140. The Balaban J connectivity index is 1.65. The lowest BCUT2D eigenvalue weighted by Gasteiger charge is -2.09. The van der Waals surface area contributed by atoms with Gasteiger partial charge in [-0.15, -0.1) is 0 Å². The van der Waals surface area contributed by atoms with Crippen LogP contribution in [0.2, 0.25) is 5.15 Å². The average Bonchev–Trinajstić information content (AvgIpc) is 3.20. The SMILES string of the molecule is COc1ccc(NC(=O)c2cc(-c3ccccc3)nn2Cc2ccc(Cl)nc2)cc1. The maximum atomic E-state index is 13.0. The Morgan fingerprint density at radius 3 is 2.50 bits per heavy atom. The van der Waals surface area contributed by atoms with Gasteiger partial charge in [-0.1, -0.05) is 48.0 Å². The fraction of sp³-hybridized carbons (Fsp3) is 0.0870. The number of amides is 1. The molecule has 0 fully saturated rings. The topological polar surface area (TPSA) is 69.0 Å². The quantitative estimate of drug-likeness (QED) is 0.452. The highest BCUT2D eigenvalue weighted by Crippen LogP contribution is 2.22. The zero-order valence-electron chi connectivity index (χ0n) is 16.2. The first kappa shape index (κ1) is 19.7. The lowest BCUT2D eigenvalue weighted by molar-refractivity contribution is 0.101. The molecule has 0 aliphatic rings. The number of rotatable bonds is 6. The summed E-state index contributed by atoms with van der Waals surface area (Å²) in [7, 11) is 1.60. The lowest BCUT2D eigenvalue weighted by atomic mass is 10.1. The van der Waals surface area contributed by atoms with Crippen molar-refractivity contribution in [3.8, 4) is 17.0 Å². The van der Waals surface area contributed by atoms with Crippen molar-refractivity contribution in [3.05, 3.63) is 95.4 Å². The summed E-state index contributed by atoms with van der Waals surface area (Å²) in [5, 5.41) is 8.00. The van der Waals surface area contributed by atoms with E-state index < -0.39 is 0 Å². The van der Waals surface area contributed by atoms with E-state index in [0.29, 0.717) is 23.1 Å². The Morgan fingerprint density at radius 1 is 1.07 bits per heavy atom. The summed E-state index contributed by atoms with van der Waals surface area (Å²) >= 11 is 5.89. The fourth-order valence-electron chi connectivity index (χ4n) is 3.01. The number of hydrogen-bond donors (Lipinski definition) is 1. The molecule has 2 aromatic carbocycles. The van der Waals surface area contributed by atoms with Crippen LogP contribution in [0.15, 0.2) is 79.0 Å². The monoisotopic (exact) mass is 418 g/mol. The smallest absolute Gasteiger partial charge is 0.273 e. The largest absolute Gasteiger partial charge is 0.497 e. The molecule has 7 heteroatoms. The van der Waals surface area contributed by atoms with E-state index in [-0.39, 0.29) is 5.91 Å². The number of hydrogen-bond acceptors (Lipinski definition) is 4. The third-order valence-corrected chi connectivity index (χ3v) is 4.77. The summed E-state index contributed by atoms with van der Waals surface area (Å²) in [5.74, 6) is 0.469. The first-order chi connectivity index (χ1) is 14.6. The van der Waals surface area contributed by atoms with Gasteiger partial charge in [0.05, 0.1) is 19.3 Å². The van der Waals surface area contributed by atoms with Crippen molar-refractivity contribution >= 4 is 23.2 Å². The highest BCUT2D eigenvalue weighted by molar-refractivity contribution is 6.29. The van der Waals surface area contributed by atoms with Gasteiger partial charge in [0.25, 0.3) is 5.91 Å². The maximum Gasteiger partial charge on any atom is 0.273 e. The predicted molar refractivity (Wildman–Crippen MR) is 117 cm³/mol. The van der Waals surface area contributed by atoms with Crippen LogP contribution in [0.5, 0.6) is 5.75 Å². The van der Waals surface area contributed by atoms with Gasteiger partial charge in [0, 0.05) is 17.4 Å². The highest BCUT2D eigenvalue weighted by atomic mass is 35.5. The summed E-state index contributed by atoms with van der Waals surface area (Å²) in [6.07, 6.45) is 1.68. The van der Waals surface area contributed by atoms with Crippen molar-refractivity contribution in [2.45, 2.75) is 6.54 Å². The molecule has 0 saturated heterocycles. The molecular formula is C23H19ClN4O2. The minimum atomic E-state index is -0.253. The number of halogens is 1. The molecule has 1 N–H and O–H groups in total. The van der Waals surface area contributed by atoms with Gasteiger partial charge in [0.15, 0.2) is 0 Å². The van der Waals surface area contributed by atoms with E-state index in [9.17, 15) is 4.79 Å². The highest BCUT2D eigenvalue weighted by Gasteiger charge is 2.17. The second-order valence-corrected chi connectivity index (χ2v) is 7.00. The van der Waals surface area contributed by atoms with Crippen LogP contribution < -0.4 is 10.1 Å². The van der Waals surface area contributed by atoms with Gasteiger partial charge in [-0.3, -0.25) is 9.48 Å². The molecule has 0 saturated carbocycles. The normalized spacial score (nSPS) is 10.6. The third kappa shape index (κ3) is 4.50. The van der Waals surface area contributed by atoms with Crippen LogP contribution >= 0.6 is 11.6 Å². The number of aromatic nitrogens is 3. The van der Waals surface area contributed by atoms with E-state index in [1.807, 2.05) is 36.4 Å².